The van der Waals surface area contributed by atoms with Crippen LogP contribution in [0.25, 0.3) is 10.9 Å². The number of hydrogen-bond donors (Lipinski definition) is 1. The minimum Gasteiger partial charge on any atom is -0.404 e. The number of benzene rings is 1. The molecule has 23 heavy (non-hydrogen) atoms. The number of halogens is 3. The molecule has 0 atom stereocenters. The van der Waals surface area contributed by atoms with Gasteiger partial charge < -0.3 is 19.0 Å². The number of aromatic amines is 1. The minimum atomic E-state index is -4.75. The van der Waals surface area contributed by atoms with Crippen LogP contribution >= 0.6 is 0 Å². The molecule has 1 saturated heterocycles. The fourth-order valence-electron chi connectivity index (χ4n) is 2.46. The van der Waals surface area contributed by atoms with Gasteiger partial charge >= 0.3 is 13.5 Å². The number of H-pyrrole nitrogens is 1. The van der Waals surface area contributed by atoms with E-state index in [0.29, 0.717) is 11.0 Å². The summed E-state index contributed by atoms with van der Waals surface area (Å²) in [4.78, 5) is 2.93. The van der Waals surface area contributed by atoms with Gasteiger partial charge in [-0.1, -0.05) is 12.1 Å². The number of aromatic nitrogens is 1. The molecule has 1 aliphatic heterocycles. The first-order valence-electron chi connectivity index (χ1n) is 7.21. The number of rotatable bonds is 2. The Morgan fingerprint density at radius 3 is 2.26 bits per heavy atom. The lowest BCUT2D eigenvalue weighted by Gasteiger charge is -2.32. The predicted molar refractivity (Wildman–Crippen MR) is 80.7 cm³/mol. The monoisotopic (exact) mass is 327 g/mol. The lowest BCUT2D eigenvalue weighted by molar-refractivity contribution is -0.274. The third-order valence-corrected chi connectivity index (χ3v) is 4.37. The highest BCUT2D eigenvalue weighted by atomic mass is 19.4. The molecule has 0 aliphatic carbocycles. The van der Waals surface area contributed by atoms with Gasteiger partial charge in [-0.3, -0.25) is 0 Å². The van der Waals surface area contributed by atoms with Crippen molar-refractivity contribution in [3.8, 4) is 5.75 Å². The fourth-order valence-corrected chi connectivity index (χ4v) is 2.46. The van der Waals surface area contributed by atoms with Crippen molar-refractivity contribution in [1.82, 2.24) is 4.98 Å². The summed E-state index contributed by atoms with van der Waals surface area (Å²) in [5.41, 5.74) is -0.244. The van der Waals surface area contributed by atoms with Crippen LogP contribution in [0.3, 0.4) is 0 Å². The maximum Gasteiger partial charge on any atom is 0.573 e. The van der Waals surface area contributed by atoms with Gasteiger partial charge in [0.15, 0.2) is 5.75 Å². The van der Waals surface area contributed by atoms with Gasteiger partial charge in [-0.15, -0.1) is 13.2 Å². The number of para-hydroxylation sites is 1. The van der Waals surface area contributed by atoms with Gasteiger partial charge in [0.2, 0.25) is 0 Å². The average Bonchev–Trinajstić information content (AvgIpc) is 2.88. The van der Waals surface area contributed by atoms with Crippen molar-refractivity contribution in [2.75, 3.05) is 0 Å². The summed E-state index contributed by atoms with van der Waals surface area (Å²) in [6.45, 7) is 7.64. The Hall–Kier alpha value is -1.67. The predicted octanol–water partition coefficient (Wildman–Crippen LogP) is 3.37. The standard InChI is InChI=1S/C15H17BF3NO3/c1-13(2)14(3,4)23-16(22-13)11-8-9-6-5-7-10(12(9)20-11)21-15(17,18)19/h5-8,20H,1-4H3. The Bertz CT molecular complexity index is 723. The van der Waals surface area contributed by atoms with E-state index in [1.54, 1.807) is 12.1 Å². The van der Waals surface area contributed by atoms with Crippen molar-refractivity contribution >= 4 is 23.6 Å². The van der Waals surface area contributed by atoms with Crippen molar-refractivity contribution in [3.05, 3.63) is 24.3 Å². The first-order chi connectivity index (χ1) is 10.5. The molecule has 124 valence electrons. The number of ether oxygens (including phenoxy) is 1. The van der Waals surface area contributed by atoms with E-state index < -0.39 is 24.7 Å². The topological polar surface area (TPSA) is 43.5 Å². The van der Waals surface area contributed by atoms with Crippen LogP contribution in [0.2, 0.25) is 0 Å². The first-order valence-corrected chi connectivity index (χ1v) is 7.21. The molecule has 3 rings (SSSR count). The molecule has 4 nitrogen and oxygen atoms in total. The highest BCUT2D eigenvalue weighted by Crippen LogP contribution is 2.37. The highest BCUT2D eigenvalue weighted by Gasteiger charge is 2.52. The van der Waals surface area contributed by atoms with Gasteiger partial charge in [0, 0.05) is 11.0 Å². The van der Waals surface area contributed by atoms with Crippen LogP contribution in [0.15, 0.2) is 24.3 Å². The minimum absolute atomic E-state index is 0.259. The van der Waals surface area contributed by atoms with E-state index in [9.17, 15) is 13.2 Å². The van der Waals surface area contributed by atoms with Crippen molar-refractivity contribution in [2.45, 2.75) is 45.3 Å². The first kappa shape index (κ1) is 16.2. The second-order valence-corrected chi connectivity index (χ2v) is 6.58. The maximum absolute atomic E-state index is 12.5. The number of alkyl halides is 3. The van der Waals surface area contributed by atoms with Crippen molar-refractivity contribution < 1.29 is 27.2 Å². The van der Waals surface area contributed by atoms with Crippen LogP contribution in [0.1, 0.15) is 27.7 Å². The molecule has 0 unspecified atom stereocenters. The van der Waals surface area contributed by atoms with Gasteiger partial charge in [0.1, 0.15) is 0 Å². The smallest absolute Gasteiger partial charge is 0.404 e. The van der Waals surface area contributed by atoms with Gasteiger partial charge in [0.25, 0.3) is 0 Å². The Morgan fingerprint density at radius 2 is 1.70 bits per heavy atom. The summed E-state index contributed by atoms with van der Waals surface area (Å²) in [5, 5.41) is 0.594. The normalized spacial score (nSPS) is 20.2. The molecule has 1 aromatic heterocycles. The molecular formula is C15H17BF3NO3. The van der Waals surface area contributed by atoms with Crippen LogP contribution in [0.5, 0.6) is 5.75 Å². The van der Waals surface area contributed by atoms with Gasteiger partial charge in [-0.2, -0.15) is 0 Å². The van der Waals surface area contributed by atoms with Gasteiger partial charge in [-0.05, 0) is 39.8 Å². The molecule has 0 bridgehead atoms. The van der Waals surface area contributed by atoms with Crippen LogP contribution in [-0.2, 0) is 9.31 Å². The van der Waals surface area contributed by atoms with Crippen LogP contribution in [0.4, 0.5) is 13.2 Å². The van der Waals surface area contributed by atoms with E-state index in [4.69, 9.17) is 9.31 Å². The van der Waals surface area contributed by atoms with E-state index in [-0.39, 0.29) is 11.3 Å². The molecule has 2 heterocycles. The molecule has 0 amide bonds. The third kappa shape index (κ3) is 2.93. The van der Waals surface area contributed by atoms with Gasteiger partial charge in [0.05, 0.1) is 16.7 Å². The Balaban J connectivity index is 1.97. The SMILES string of the molecule is CC1(C)OB(c2cc3cccc(OC(F)(F)F)c3[nH]2)OC1(C)C. The molecule has 1 N–H and O–H groups in total. The second kappa shape index (κ2) is 4.91. The summed E-state index contributed by atoms with van der Waals surface area (Å²) in [6, 6.07) is 6.18. The van der Waals surface area contributed by atoms with Crippen molar-refractivity contribution in [1.29, 1.82) is 0 Å². The van der Waals surface area contributed by atoms with E-state index in [1.807, 2.05) is 27.7 Å². The number of fused-ring (bicyclic) bond motifs is 1. The fraction of sp³-hybridized carbons (Fsp3) is 0.467. The van der Waals surface area contributed by atoms with Crippen molar-refractivity contribution in [2.24, 2.45) is 0 Å². The zero-order chi connectivity index (χ0) is 17.0. The zero-order valence-corrected chi connectivity index (χ0v) is 13.2. The molecule has 0 radical (unpaired) electrons. The van der Waals surface area contributed by atoms with E-state index in [2.05, 4.69) is 9.72 Å². The van der Waals surface area contributed by atoms with Gasteiger partial charge in [-0.25, -0.2) is 0 Å². The summed E-state index contributed by atoms with van der Waals surface area (Å²) in [5.74, 6) is -0.280. The van der Waals surface area contributed by atoms with E-state index >= 15 is 0 Å². The lowest BCUT2D eigenvalue weighted by atomic mass is 9.85. The van der Waals surface area contributed by atoms with E-state index in [0.717, 1.165) is 0 Å². The Labute approximate surface area is 132 Å². The summed E-state index contributed by atoms with van der Waals surface area (Å²) in [7, 11) is -0.675. The highest BCUT2D eigenvalue weighted by molar-refractivity contribution is 6.61. The molecule has 2 aromatic rings. The average molecular weight is 327 g/mol. The summed E-state index contributed by atoms with van der Waals surface area (Å²) < 4.78 is 53.4. The Morgan fingerprint density at radius 1 is 1.09 bits per heavy atom. The Kier molecular flexibility index (Phi) is 3.46. The molecule has 1 aliphatic rings. The molecule has 8 heteroatoms. The zero-order valence-electron chi connectivity index (χ0n) is 13.2. The van der Waals surface area contributed by atoms with Crippen molar-refractivity contribution in [3.63, 3.8) is 0 Å². The summed E-state index contributed by atoms with van der Waals surface area (Å²) in [6.07, 6.45) is -4.75. The molecule has 1 aromatic carbocycles. The van der Waals surface area contributed by atoms with Crippen LogP contribution < -0.4 is 10.3 Å². The van der Waals surface area contributed by atoms with Crippen LogP contribution in [-0.4, -0.2) is 29.7 Å². The number of nitrogens with one attached hydrogen (secondary N) is 1. The molecule has 0 spiro atoms. The maximum atomic E-state index is 12.5. The second-order valence-electron chi connectivity index (χ2n) is 6.58. The third-order valence-electron chi connectivity index (χ3n) is 4.37. The molecular weight excluding hydrogens is 310 g/mol. The lowest BCUT2D eigenvalue weighted by Crippen LogP contribution is -2.41. The number of hydrogen-bond acceptors (Lipinski definition) is 3. The van der Waals surface area contributed by atoms with E-state index in [1.165, 1.54) is 12.1 Å². The van der Waals surface area contributed by atoms with Crippen LogP contribution in [0, 0.1) is 0 Å². The summed E-state index contributed by atoms with van der Waals surface area (Å²) >= 11 is 0. The molecule has 1 fully saturated rings. The quantitative estimate of drug-likeness (QED) is 0.860. The largest absolute Gasteiger partial charge is 0.573 e. The molecule has 0 saturated carbocycles.